The van der Waals surface area contributed by atoms with Crippen molar-refractivity contribution >= 4 is 17.3 Å². The SMILES string of the molecule is O=C(COc1cccc[n+]1[O-])Nc1cccc([N+](=O)[O-])c1. The van der Waals surface area contributed by atoms with E-state index in [1.807, 2.05) is 0 Å². The third-order valence-electron chi connectivity index (χ3n) is 2.48. The molecule has 21 heavy (non-hydrogen) atoms. The zero-order chi connectivity index (χ0) is 15.2. The minimum Gasteiger partial charge on any atom is -0.616 e. The first-order valence-electron chi connectivity index (χ1n) is 5.91. The number of amides is 1. The summed E-state index contributed by atoms with van der Waals surface area (Å²) in [4.78, 5) is 21.7. The third kappa shape index (κ3) is 3.90. The lowest BCUT2D eigenvalue weighted by atomic mass is 10.3. The van der Waals surface area contributed by atoms with E-state index in [0.29, 0.717) is 4.73 Å². The van der Waals surface area contributed by atoms with Crippen molar-refractivity contribution in [2.45, 2.75) is 0 Å². The monoisotopic (exact) mass is 289 g/mol. The molecule has 8 nitrogen and oxygen atoms in total. The second-order valence-corrected chi connectivity index (χ2v) is 4.01. The maximum Gasteiger partial charge on any atom is 0.379 e. The lowest BCUT2D eigenvalue weighted by molar-refractivity contribution is -0.612. The number of nitro benzene ring substituents is 1. The summed E-state index contributed by atoms with van der Waals surface area (Å²) in [5, 5.41) is 24.4. The summed E-state index contributed by atoms with van der Waals surface area (Å²) >= 11 is 0. The first kappa shape index (κ1) is 14.3. The summed E-state index contributed by atoms with van der Waals surface area (Å²) < 4.78 is 5.54. The molecule has 2 aromatic rings. The van der Waals surface area contributed by atoms with Crippen LogP contribution in [0.4, 0.5) is 11.4 Å². The highest BCUT2D eigenvalue weighted by Crippen LogP contribution is 2.16. The molecule has 108 valence electrons. The van der Waals surface area contributed by atoms with Crippen molar-refractivity contribution in [3.8, 4) is 5.88 Å². The lowest BCUT2D eigenvalue weighted by Gasteiger charge is -2.07. The number of nitrogens with zero attached hydrogens (tertiary/aromatic N) is 2. The van der Waals surface area contributed by atoms with Gasteiger partial charge in [0.2, 0.25) is 0 Å². The Morgan fingerprint density at radius 1 is 1.29 bits per heavy atom. The van der Waals surface area contributed by atoms with Gasteiger partial charge in [-0.15, -0.1) is 4.73 Å². The van der Waals surface area contributed by atoms with E-state index < -0.39 is 10.8 Å². The molecule has 2 rings (SSSR count). The van der Waals surface area contributed by atoms with Crippen LogP contribution in [0.15, 0.2) is 48.7 Å². The number of carbonyl (C=O) groups is 1. The fraction of sp³-hybridized carbons (Fsp3) is 0.0769. The molecule has 0 bridgehead atoms. The molecule has 0 saturated heterocycles. The Morgan fingerprint density at radius 2 is 2.10 bits per heavy atom. The van der Waals surface area contributed by atoms with Crippen molar-refractivity contribution in [1.82, 2.24) is 0 Å². The fourth-order valence-electron chi connectivity index (χ4n) is 1.56. The molecule has 0 unspecified atom stereocenters. The van der Waals surface area contributed by atoms with Gasteiger partial charge in [0, 0.05) is 23.9 Å². The van der Waals surface area contributed by atoms with E-state index in [1.54, 1.807) is 6.07 Å². The van der Waals surface area contributed by atoms with E-state index in [0.717, 1.165) is 0 Å². The summed E-state index contributed by atoms with van der Waals surface area (Å²) in [6.07, 6.45) is 1.24. The average Bonchev–Trinajstić information content (AvgIpc) is 2.46. The van der Waals surface area contributed by atoms with Crippen molar-refractivity contribution in [2.24, 2.45) is 0 Å². The summed E-state index contributed by atoms with van der Waals surface area (Å²) in [6.45, 7) is -0.380. The van der Waals surface area contributed by atoms with Crippen LogP contribution < -0.4 is 14.8 Å². The Labute approximate surface area is 119 Å². The maximum atomic E-state index is 11.7. The van der Waals surface area contributed by atoms with Crippen LogP contribution in [0.2, 0.25) is 0 Å². The number of pyridine rings is 1. The maximum absolute atomic E-state index is 11.7. The molecule has 0 spiro atoms. The van der Waals surface area contributed by atoms with E-state index in [2.05, 4.69) is 5.32 Å². The number of hydrogen-bond donors (Lipinski definition) is 1. The molecule has 1 aromatic carbocycles. The number of rotatable bonds is 5. The van der Waals surface area contributed by atoms with Crippen molar-refractivity contribution in [3.63, 3.8) is 0 Å². The second kappa shape index (κ2) is 6.33. The number of nitrogens with one attached hydrogen (secondary N) is 1. The molecule has 1 aromatic heterocycles. The van der Waals surface area contributed by atoms with Gasteiger partial charge in [-0.2, -0.15) is 0 Å². The Balaban J connectivity index is 1.95. The second-order valence-electron chi connectivity index (χ2n) is 4.01. The van der Waals surface area contributed by atoms with E-state index >= 15 is 0 Å². The van der Waals surface area contributed by atoms with Gasteiger partial charge in [-0.25, -0.2) is 0 Å². The minimum atomic E-state index is -0.559. The van der Waals surface area contributed by atoms with Gasteiger partial charge in [-0.05, 0) is 12.1 Å². The summed E-state index contributed by atoms with van der Waals surface area (Å²) in [5.74, 6) is -0.536. The number of anilines is 1. The van der Waals surface area contributed by atoms with Crippen LogP contribution in [0.5, 0.6) is 5.88 Å². The van der Waals surface area contributed by atoms with Crippen molar-refractivity contribution in [2.75, 3.05) is 11.9 Å². The first-order chi connectivity index (χ1) is 10.1. The highest BCUT2D eigenvalue weighted by molar-refractivity contribution is 5.92. The molecule has 0 atom stereocenters. The van der Waals surface area contributed by atoms with Crippen LogP contribution >= 0.6 is 0 Å². The fourth-order valence-corrected chi connectivity index (χ4v) is 1.56. The number of non-ortho nitro benzene ring substituents is 1. The van der Waals surface area contributed by atoms with Crippen molar-refractivity contribution in [3.05, 3.63) is 64.0 Å². The predicted octanol–water partition coefficient (Wildman–Crippen LogP) is 1.25. The molecular formula is C13H11N3O5. The Kier molecular flexibility index (Phi) is 4.30. The molecule has 0 aliphatic heterocycles. The zero-order valence-corrected chi connectivity index (χ0v) is 10.8. The molecule has 0 aliphatic rings. The summed E-state index contributed by atoms with van der Waals surface area (Å²) in [5.41, 5.74) is 0.148. The molecule has 1 amide bonds. The molecular weight excluding hydrogens is 278 g/mol. The Bertz CT molecular complexity index is 674. The largest absolute Gasteiger partial charge is 0.616 e. The van der Waals surface area contributed by atoms with Gasteiger partial charge >= 0.3 is 5.88 Å². The quantitative estimate of drug-likeness (QED) is 0.385. The van der Waals surface area contributed by atoms with Gasteiger partial charge in [-0.3, -0.25) is 14.9 Å². The normalized spacial score (nSPS) is 9.90. The summed E-state index contributed by atoms with van der Waals surface area (Å²) in [7, 11) is 0. The molecule has 1 N–H and O–H groups in total. The molecule has 0 saturated carbocycles. The number of benzene rings is 1. The number of nitro groups is 1. The smallest absolute Gasteiger partial charge is 0.379 e. The molecule has 0 radical (unpaired) electrons. The highest BCUT2D eigenvalue weighted by Gasteiger charge is 2.11. The first-order valence-corrected chi connectivity index (χ1v) is 5.91. The van der Waals surface area contributed by atoms with Gasteiger partial charge < -0.3 is 15.3 Å². The molecule has 1 heterocycles. The van der Waals surface area contributed by atoms with Crippen LogP contribution in [-0.4, -0.2) is 17.4 Å². The van der Waals surface area contributed by atoms with Gasteiger partial charge in [-0.1, -0.05) is 6.07 Å². The Morgan fingerprint density at radius 3 is 2.81 bits per heavy atom. The van der Waals surface area contributed by atoms with E-state index in [4.69, 9.17) is 4.74 Å². The zero-order valence-electron chi connectivity index (χ0n) is 10.8. The van der Waals surface area contributed by atoms with E-state index in [9.17, 15) is 20.1 Å². The van der Waals surface area contributed by atoms with Crippen LogP contribution in [0.1, 0.15) is 0 Å². The number of hydrogen-bond acceptors (Lipinski definition) is 5. The van der Waals surface area contributed by atoms with Crippen LogP contribution in [0, 0.1) is 15.3 Å². The number of carbonyl (C=O) groups excluding carboxylic acids is 1. The molecule has 0 aliphatic carbocycles. The van der Waals surface area contributed by atoms with Crippen molar-refractivity contribution in [1.29, 1.82) is 0 Å². The number of ether oxygens (including phenoxy) is 1. The summed E-state index contributed by atoms with van der Waals surface area (Å²) in [6, 6.07) is 10.1. The van der Waals surface area contributed by atoms with Crippen molar-refractivity contribution < 1.29 is 19.2 Å². The Hall–Kier alpha value is -3.16. The topological polar surface area (TPSA) is 108 Å². The predicted molar refractivity (Wildman–Crippen MR) is 72.6 cm³/mol. The van der Waals surface area contributed by atoms with Crippen LogP contribution in [-0.2, 0) is 4.79 Å². The van der Waals surface area contributed by atoms with Gasteiger partial charge in [0.05, 0.1) is 11.0 Å². The van der Waals surface area contributed by atoms with Gasteiger partial charge in [0.1, 0.15) is 0 Å². The van der Waals surface area contributed by atoms with Gasteiger partial charge in [0.15, 0.2) is 12.8 Å². The van der Waals surface area contributed by atoms with Gasteiger partial charge in [0.25, 0.3) is 11.6 Å². The standard InChI is InChI=1S/C13H11N3O5/c17-12(9-21-13-6-1-2-7-15(13)18)14-10-4-3-5-11(8-10)16(19)20/h1-8H,9H2,(H,14,17). The van der Waals surface area contributed by atoms with E-state index in [-0.39, 0.29) is 23.9 Å². The minimum absolute atomic E-state index is 0.00769. The lowest BCUT2D eigenvalue weighted by Crippen LogP contribution is -2.30. The number of aromatic nitrogens is 1. The average molecular weight is 289 g/mol. The highest BCUT2D eigenvalue weighted by atomic mass is 16.6. The molecule has 0 fully saturated rings. The molecule has 8 heteroatoms. The van der Waals surface area contributed by atoms with Crippen LogP contribution in [0.3, 0.4) is 0 Å². The third-order valence-corrected chi connectivity index (χ3v) is 2.48. The van der Waals surface area contributed by atoms with Crippen LogP contribution in [0.25, 0.3) is 0 Å². The van der Waals surface area contributed by atoms with E-state index in [1.165, 1.54) is 42.6 Å².